The highest BCUT2D eigenvalue weighted by molar-refractivity contribution is 9.10. The molecule has 0 radical (unpaired) electrons. The summed E-state index contributed by atoms with van der Waals surface area (Å²) < 4.78 is 11.6. The van der Waals surface area contributed by atoms with Crippen molar-refractivity contribution in [3.63, 3.8) is 0 Å². The van der Waals surface area contributed by atoms with Gasteiger partial charge in [0, 0.05) is 21.0 Å². The molecule has 1 aliphatic heterocycles. The van der Waals surface area contributed by atoms with Crippen molar-refractivity contribution >= 4 is 27.7 Å². The molecule has 82 valence electrons. The molecule has 1 aliphatic rings. The van der Waals surface area contributed by atoms with Crippen molar-refractivity contribution in [3.8, 4) is 0 Å². The molecule has 0 N–H and O–H groups in total. The lowest BCUT2D eigenvalue weighted by atomic mass is 10.2. The standard InChI is InChI=1S/C11H13BrO2S/c12-10-2-1-3-11(4-10)15-7-9-5-13-8-14-6-9/h1-4,9H,5-8H2. The van der Waals surface area contributed by atoms with E-state index in [0.29, 0.717) is 12.7 Å². The Morgan fingerprint density at radius 2 is 2.13 bits per heavy atom. The first-order valence-corrected chi connectivity index (χ1v) is 6.66. The quantitative estimate of drug-likeness (QED) is 0.796. The van der Waals surface area contributed by atoms with E-state index >= 15 is 0 Å². The zero-order chi connectivity index (χ0) is 10.5. The second-order valence-electron chi connectivity index (χ2n) is 3.49. The van der Waals surface area contributed by atoms with Crippen LogP contribution in [0.2, 0.25) is 0 Å². The lowest BCUT2D eigenvalue weighted by Gasteiger charge is -2.21. The van der Waals surface area contributed by atoms with E-state index < -0.39 is 0 Å². The Hall–Kier alpha value is -0.0300. The van der Waals surface area contributed by atoms with Crippen LogP contribution in [0.5, 0.6) is 0 Å². The second-order valence-corrected chi connectivity index (χ2v) is 5.50. The molecule has 1 fully saturated rings. The third-order valence-corrected chi connectivity index (χ3v) is 3.87. The normalized spacial score (nSPS) is 17.9. The predicted molar refractivity (Wildman–Crippen MR) is 65.1 cm³/mol. The molecule has 15 heavy (non-hydrogen) atoms. The first-order valence-electron chi connectivity index (χ1n) is 4.88. The summed E-state index contributed by atoms with van der Waals surface area (Å²) in [5.74, 6) is 1.57. The first-order chi connectivity index (χ1) is 7.34. The fourth-order valence-corrected chi connectivity index (χ4v) is 2.96. The molecule has 0 aliphatic carbocycles. The summed E-state index contributed by atoms with van der Waals surface area (Å²) >= 11 is 5.32. The van der Waals surface area contributed by atoms with Crippen LogP contribution in [0.15, 0.2) is 33.6 Å². The Kier molecular flexibility index (Phi) is 4.50. The van der Waals surface area contributed by atoms with Gasteiger partial charge in [0.15, 0.2) is 0 Å². The van der Waals surface area contributed by atoms with Gasteiger partial charge in [-0.2, -0.15) is 0 Å². The molecule has 0 amide bonds. The molecular weight excluding hydrogens is 276 g/mol. The molecule has 0 saturated carbocycles. The number of benzene rings is 1. The van der Waals surface area contributed by atoms with Gasteiger partial charge in [-0.3, -0.25) is 0 Å². The average Bonchev–Trinajstić information content (AvgIpc) is 2.28. The number of thioether (sulfide) groups is 1. The highest BCUT2D eigenvalue weighted by atomic mass is 79.9. The Balaban J connectivity index is 1.81. The summed E-state index contributed by atoms with van der Waals surface area (Å²) in [5.41, 5.74) is 0. The number of hydrogen-bond donors (Lipinski definition) is 0. The average molecular weight is 289 g/mol. The van der Waals surface area contributed by atoms with E-state index in [0.717, 1.165) is 23.4 Å². The van der Waals surface area contributed by atoms with E-state index in [1.54, 1.807) is 0 Å². The molecule has 0 unspecified atom stereocenters. The molecule has 0 aromatic heterocycles. The van der Waals surface area contributed by atoms with E-state index in [2.05, 4.69) is 34.1 Å². The third kappa shape index (κ3) is 3.79. The lowest BCUT2D eigenvalue weighted by Crippen LogP contribution is -2.25. The highest BCUT2D eigenvalue weighted by Gasteiger charge is 2.14. The summed E-state index contributed by atoms with van der Waals surface area (Å²) in [6.45, 7) is 2.10. The predicted octanol–water partition coefficient (Wildman–Crippen LogP) is 3.16. The van der Waals surface area contributed by atoms with Crippen molar-refractivity contribution in [2.45, 2.75) is 4.90 Å². The van der Waals surface area contributed by atoms with E-state index in [1.165, 1.54) is 4.90 Å². The molecule has 4 heteroatoms. The molecule has 0 bridgehead atoms. The molecule has 0 atom stereocenters. The smallest absolute Gasteiger partial charge is 0.146 e. The third-order valence-electron chi connectivity index (χ3n) is 2.16. The summed E-state index contributed by atoms with van der Waals surface area (Å²) in [5, 5.41) is 0. The fraction of sp³-hybridized carbons (Fsp3) is 0.455. The Labute approximate surface area is 102 Å². The van der Waals surface area contributed by atoms with Crippen LogP contribution < -0.4 is 0 Å². The maximum Gasteiger partial charge on any atom is 0.146 e. The zero-order valence-electron chi connectivity index (χ0n) is 8.32. The van der Waals surface area contributed by atoms with Crippen molar-refractivity contribution < 1.29 is 9.47 Å². The van der Waals surface area contributed by atoms with E-state index in [4.69, 9.17) is 9.47 Å². The zero-order valence-corrected chi connectivity index (χ0v) is 10.7. The fourth-order valence-electron chi connectivity index (χ4n) is 1.40. The van der Waals surface area contributed by atoms with Gasteiger partial charge in [-0.1, -0.05) is 22.0 Å². The molecule has 1 aromatic rings. The lowest BCUT2D eigenvalue weighted by molar-refractivity contribution is -0.120. The van der Waals surface area contributed by atoms with Crippen LogP contribution in [0.4, 0.5) is 0 Å². The van der Waals surface area contributed by atoms with Crippen LogP contribution in [0.25, 0.3) is 0 Å². The first kappa shape index (κ1) is 11.5. The minimum atomic E-state index is 0.456. The van der Waals surface area contributed by atoms with Crippen LogP contribution in [0.1, 0.15) is 0 Å². The summed E-state index contributed by atoms with van der Waals surface area (Å²) in [7, 11) is 0. The van der Waals surface area contributed by atoms with Gasteiger partial charge in [-0.15, -0.1) is 11.8 Å². The molecule has 1 heterocycles. The van der Waals surface area contributed by atoms with Crippen LogP contribution in [0.3, 0.4) is 0 Å². The minimum Gasteiger partial charge on any atom is -0.355 e. The maximum atomic E-state index is 5.25. The van der Waals surface area contributed by atoms with Crippen LogP contribution in [-0.4, -0.2) is 25.8 Å². The Bertz CT molecular complexity index is 313. The van der Waals surface area contributed by atoms with Gasteiger partial charge in [0.05, 0.1) is 13.2 Å². The van der Waals surface area contributed by atoms with Crippen LogP contribution >= 0.6 is 27.7 Å². The topological polar surface area (TPSA) is 18.5 Å². The van der Waals surface area contributed by atoms with E-state index in [9.17, 15) is 0 Å². The largest absolute Gasteiger partial charge is 0.355 e. The van der Waals surface area contributed by atoms with Gasteiger partial charge >= 0.3 is 0 Å². The van der Waals surface area contributed by atoms with Crippen molar-refractivity contribution in [1.29, 1.82) is 0 Å². The van der Waals surface area contributed by atoms with Gasteiger partial charge in [-0.05, 0) is 18.2 Å². The molecule has 0 spiro atoms. The molecule has 2 rings (SSSR count). The minimum absolute atomic E-state index is 0.456. The number of hydrogen-bond acceptors (Lipinski definition) is 3. The Morgan fingerprint density at radius 1 is 1.33 bits per heavy atom. The SMILES string of the molecule is Brc1cccc(SCC2COCOC2)c1. The van der Waals surface area contributed by atoms with E-state index in [-0.39, 0.29) is 0 Å². The van der Waals surface area contributed by atoms with Crippen LogP contribution in [-0.2, 0) is 9.47 Å². The van der Waals surface area contributed by atoms with Crippen molar-refractivity contribution in [1.82, 2.24) is 0 Å². The highest BCUT2D eigenvalue weighted by Crippen LogP contribution is 2.24. The Morgan fingerprint density at radius 3 is 2.87 bits per heavy atom. The molecule has 2 nitrogen and oxygen atoms in total. The van der Waals surface area contributed by atoms with Crippen molar-refractivity contribution in [3.05, 3.63) is 28.7 Å². The molecule has 1 saturated heterocycles. The molecular formula is C11H13BrO2S. The monoisotopic (exact) mass is 288 g/mol. The van der Waals surface area contributed by atoms with Crippen molar-refractivity contribution in [2.75, 3.05) is 25.8 Å². The van der Waals surface area contributed by atoms with E-state index in [1.807, 2.05) is 17.8 Å². The number of halogens is 1. The maximum absolute atomic E-state index is 5.25. The number of ether oxygens (including phenoxy) is 2. The van der Waals surface area contributed by atoms with Crippen molar-refractivity contribution in [2.24, 2.45) is 5.92 Å². The molecule has 1 aromatic carbocycles. The summed E-state index contributed by atoms with van der Waals surface area (Å²) in [4.78, 5) is 1.29. The number of rotatable bonds is 3. The van der Waals surface area contributed by atoms with Gasteiger partial charge in [-0.25, -0.2) is 0 Å². The van der Waals surface area contributed by atoms with Gasteiger partial charge in [0.1, 0.15) is 6.79 Å². The second kappa shape index (κ2) is 5.89. The van der Waals surface area contributed by atoms with Gasteiger partial charge < -0.3 is 9.47 Å². The summed E-state index contributed by atoms with van der Waals surface area (Å²) in [6, 6.07) is 8.35. The van der Waals surface area contributed by atoms with Crippen LogP contribution in [0, 0.1) is 5.92 Å². The summed E-state index contributed by atoms with van der Waals surface area (Å²) in [6.07, 6.45) is 0. The van der Waals surface area contributed by atoms with Gasteiger partial charge in [0.25, 0.3) is 0 Å². The van der Waals surface area contributed by atoms with Gasteiger partial charge in [0.2, 0.25) is 0 Å².